The summed E-state index contributed by atoms with van der Waals surface area (Å²) in [5, 5.41) is 0. The smallest absolute Gasteiger partial charge is 0.236 e. The van der Waals surface area contributed by atoms with Crippen LogP contribution in [0.1, 0.15) is 6.92 Å². The fraction of sp³-hybridized carbons (Fsp3) is 0.375. The van der Waals surface area contributed by atoms with E-state index in [9.17, 15) is 4.79 Å². The Balaban J connectivity index is 2.89. The molecule has 0 bridgehead atoms. The number of hydrogen-bond acceptors (Lipinski definition) is 4. The molecule has 0 aliphatic carbocycles. The third kappa shape index (κ3) is 2.79. The normalized spacial score (nSPS) is 9.86. The first kappa shape index (κ1) is 11.2. The molecule has 0 saturated heterocycles. The van der Waals surface area contributed by atoms with Crippen LogP contribution in [-0.2, 0) is 4.79 Å². The van der Waals surface area contributed by atoms with Gasteiger partial charge in [0.2, 0.25) is 5.91 Å². The second kappa shape index (κ2) is 5.08. The molecule has 0 radical (unpaired) electrons. The fourth-order valence-electron chi connectivity index (χ4n) is 1.06. The van der Waals surface area contributed by atoms with E-state index in [1.54, 1.807) is 6.20 Å². The third-order valence-corrected chi connectivity index (χ3v) is 2.44. The Morgan fingerprint density at radius 2 is 2.43 bits per heavy atom. The first-order chi connectivity index (χ1) is 6.65. The predicted octanol–water partition coefficient (Wildman–Crippen LogP) is 0.393. The number of likely N-dealkylation sites (N-methyl/N-ethyl adjacent to an activating group) is 1. The lowest BCUT2D eigenvalue weighted by Crippen LogP contribution is -2.34. The van der Waals surface area contributed by atoms with Gasteiger partial charge in [-0.05, 0) is 29.5 Å². The van der Waals surface area contributed by atoms with Crippen molar-refractivity contribution < 1.29 is 4.79 Å². The lowest BCUT2D eigenvalue weighted by atomic mass is 10.4. The van der Waals surface area contributed by atoms with Crippen LogP contribution in [0.25, 0.3) is 0 Å². The second-order valence-corrected chi connectivity index (χ2v) is 3.84. The quantitative estimate of drug-likeness (QED) is 0.817. The topological polar surface area (TPSA) is 72.1 Å². The van der Waals surface area contributed by atoms with Crippen LogP contribution in [0.4, 0.5) is 5.82 Å². The van der Waals surface area contributed by atoms with E-state index in [1.807, 2.05) is 11.8 Å². The molecule has 1 amide bonds. The van der Waals surface area contributed by atoms with Gasteiger partial charge < -0.3 is 10.6 Å². The van der Waals surface area contributed by atoms with Gasteiger partial charge in [-0.25, -0.2) is 9.97 Å². The number of carbonyl (C=O) groups is 1. The molecule has 0 aliphatic heterocycles. The highest BCUT2D eigenvalue weighted by Gasteiger charge is 2.11. The number of amides is 1. The first-order valence-corrected chi connectivity index (χ1v) is 5.21. The van der Waals surface area contributed by atoms with Gasteiger partial charge in [-0.2, -0.15) is 0 Å². The molecule has 0 unspecified atom stereocenters. The van der Waals surface area contributed by atoms with Gasteiger partial charge in [-0.15, -0.1) is 0 Å². The van der Waals surface area contributed by atoms with Crippen molar-refractivity contribution >= 4 is 34.3 Å². The maximum absolute atomic E-state index is 10.8. The molecule has 5 nitrogen and oxygen atoms in total. The van der Waals surface area contributed by atoms with E-state index >= 15 is 0 Å². The highest BCUT2D eigenvalue weighted by molar-refractivity contribution is 14.1. The molecule has 0 saturated carbocycles. The summed E-state index contributed by atoms with van der Waals surface area (Å²) in [5.74, 6) is 0.392. The lowest BCUT2D eigenvalue weighted by Gasteiger charge is -2.20. The van der Waals surface area contributed by atoms with Crippen LogP contribution in [0.2, 0.25) is 0 Å². The minimum Gasteiger partial charge on any atom is -0.368 e. The highest BCUT2D eigenvalue weighted by Crippen LogP contribution is 2.17. The Hall–Kier alpha value is -0.920. The summed E-state index contributed by atoms with van der Waals surface area (Å²) >= 11 is 2.13. The second-order valence-electron chi connectivity index (χ2n) is 2.67. The standard InChI is InChI=1S/C8H11IN4O/c1-2-13(4-7(10)14)8-6(9)3-11-5-12-8/h3,5H,2,4H2,1H3,(H2,10,14). The van der Waals surface area contributed by atoms with Gasteiger partial charge >= 0.3 is 0 Å². The summed E-state index contributed by atoms with van der Waals surface area (Å²) in [4.78, 5) is 20.6. The summed E-state index contributed by atoms with van der Waals surface area (Å²) < 4.78 is 0.910. The van der Waals surface area contributed by atoms with Crippen LogP contribution in [0, 0.1) is 3.57 Å². The molecule has 0 atom stereocenters. The number of primary amides is 1. The molecule has 76 valence electrons. The maximum atomic E-state index is 10.8. The van der Waals surface area contributed by atoms with E-state index < -0.39 is 0 Å². The van der Waals surface area contributed by atoms with Crippen molar-refractivity contribution in [2.75, 3.05) is 18.0 Å². The average Bonchev–Trinajstić information content (AvgIpc) is 2.15. The Kier molecular flexibility index (Phi) is 4.05. The summed E-state index contributed by atoms with van der Waals surface area (Å²) in [6.45, 7) is 2.82. The van der Waals surface area contributed by atoms with Crippen molar-refractivity contribution in [2.45, 2.75) is 6.92 Å². The van der Waals surface area contributed by atoms with E-state index in [1.165, 1.54) is 6.33 Å². The summed E-state index contributed by atoms with van der Waals surface area (Å²) in [6, 6.07) is 0. The summed E-state index contributed by atoms with van der Waals surface area (Å²) in [7, 11) is 0. The van der Waals surface area contributed by atoms with Crippen molar-refractivity contribution in [3.8, 4) is 0 Å². The average molecular weight is 306 g/mol. The number of nitrogens with zero attached hydrogens (tertiary/aromatic N) is 3. The molecule has 0 aliphatic rings. The van der Waals surface area contributed by atoms with Crippen LogP contribution < -0.4 is 10.6 Å². The number of anilines is 1. The van der Waals surface area contributed by atoms with E-state index in [0.29, 0.717) is 6.54 Å². The molecule has 2 N–H and O–H groups in total. The molecule has 0 spiro atoms. The summed E-state index contributed by atoms with van der Waals surface area (Å²) in [6.07, 6.45) is 3.16. The molecule has 1 aromatic rings. The van der Waals surface area contributed by atoms with Gasteiger partial charge in [0.25, 0.3) is 0 Å². The lowest BCUT2D eigenvalue weighted by molar-refractivity contribution is -0.116. The Bertz CT molecular complexity index is 331. The largest absolute Gasteiger partial charge is 0.368 e. The molecule has 0 fully saturated rings. The third-order valence-electron chi connectivity index (χ3n) is 1.68. The Morgan fingerprint density at radius 1 is 1.71 bits per heavy atom. The fourth-order valence-corrected chi connectivity index (χ4v) is 1.70. The molecule has 0 aromatic carbocycles. The number of rotatable bonds is 4. The van der Waals surface area contributed by atoms with Gasteiger partial charge in [0, 0.05) is 12.7 Å². The molecular weight excluding hydrogens is 295 g/mol. The van der Waals surface area contributed by atoms with E-state index in [0.717, 1.165) is 9.39 Å². The van der Waals surface area contributed by atoms with Crippen molar-refractivity contribution in [3.05, 3.63) is 16.1 Å². The zero-order valence-corrected chi connectivity index (χ0v) is 9.93. The van der Waals surface area contributed by atoms with Crippen molar-refractivity contribution in [3.63, 3.8) is 0 Å². The molecule has 14 heavy (non-hydrogen) atoms. The molecular formula is C8H11IN4O. The highest BCUT2D eigenvalue weighted by atomic mass is 127. The Morgan fingerprint density at radius 3 is 2.93 bits per heavy atom. The van der Waals surface area contributed by atoms with E-state index in [2.05, 4.69) is 32.6 Å². The van der Waals surface area contributed by atoms with Crippen LogP contribution in [0.5, 0.6) is 0 Å². The zero-order chi connectivity index (χ0) is 10.6. The van der Waals surface area contributed by atoms with Crippen LogP contribution in [0.3, 0.4) is 0 Å². The number of carbonyl (C=O) groups excluding carboxylic acids is 1. The molecule has 1 rings (SSSR count). The number of hydrogen-bond donors (Lipinski definition) is 1. The molecule has 6 heteroatoms. The van der Waals surface area contributed by atoms with Crippen molar-refractivity contribution in [2.24, 2.45) is 5.73 Å². The SMILES string of the molecule is CCN(CC(N)=O)c1ncncc1I. The first-order valence-electron chi connectivity index (χ1n) is 4.14. The molecule has 1 heterocycles. The minimum atomic E-state index is -0.360. The number of aromatic nitrogens is 2. The zero-order valence-electron chi connectivity index (χ0n) is 7.77. The number of halogens is 1. The Labute approximate surface area is 95.9 Å². The van der Waals surface area contributed by atoms with Crippen molar-refractivity contribution in [1.29, 1.82) is 0 Å². The summed E-state index contributed by atoms with van der Waals surface area (Å²) in [5.41, 5.74) is 5.13. The van der Waals surface area contributed by atoms with Crippen LogP contribution in [0.15, 0.2) is 12.5 Å². The van der Waals surface area contributed by atoms with Gasteiger partial charge in [0.1, 0.15) is 12.1 Å². The van der Waals surface area contributed by atoms with Crippen LogP contribution in [-0.4, -0.2) is 29.0 Å². The van der Waals surface area contributed by atoms with Gasteiger partial charge in [0.15, 0.2) is 0 Å². The monoisotopic (exact) mass is 306 g/mol. The van der Waals surface area contributed by atoms with Crippen LogP contribution >= 0.6 is 22.6 Å². The predicted molar refractivity (Wildman–Crippen MR) is 61.8 cm³/mol. The van der Waals surface area contributed by atoms with Gasteiger partial charge in [-0.1, -0.05) is 0 Å². The maximum Gasteiger partial charge on any atom is 0.236 e. The van der Waals surface area contributed by atoms with E-state index in [4.69, 9.17) is 5.73 Å². The van der Waals surface area contributed by atoms with Gasteiger partial charge in [-0.3, -0.25) is 4.79 Å². The number of nitrogens with two attached hydrogens (primary N) is 1. The minimum absolute atomic E-state index is 0.184. The molecule has 1 aromatic heterocycles. The van der Waals surface area contributed by atoms with E-state index in [-0.39, 0.29) is 12.5 Å². The van der Waals surface area contributed by atoms with Gasteiger partial charge in [0.05, 0.1) is 10.1 Å². The van der Waals surface area contributed by atoms with Crippen molar-refractivity contribution in [1.82, 2.24) is 9.97 Å².